The van der Waals surface area contributed by atoms with Crippen LogP contribution in [0, 0.1) is 0 Å². The zero-order chi connectivity index (χ0) is 9.68. The molecule has 0 aliphatic carbocycles. The molecule has 3 heteroatoms. The minimum Gasteiger partial charge on any atom is -0.396 e. The topological polar surface area (TPSA) is 20.2 Å². The molecule has 0 heterocycles. The Kier molecular flexibility index (Phi) is 4.84. The van der Waals surface area contributed by atoms with Gasteiger partial charge in [0.05, 0.1) is 0 Å². The summed E-state index contributed by atoms with van der Waals surface area (Å²) in [4.78, 5) is 1.26. The van der Waals surface area contributed by atoms with Crippen molar-refractivity contribution >= 4 is 27.7 Å². The summed E-state index contributed by atoms with van der Waals surface area (Å²) >= 11 is 5.25. The van der Waals surface area contributed by atoms with Gasteiger partial charge < -0.3 is 5.11 Å². The number of thioether (sulfide) groups is 1. The average molecular weight is 261 g/mol. The van der Waals surface area contributed by atoms with Gasteiger partial charge in [0, 0.05) is 16.0 Å². The highest BCUT2D eigenvalue weighted by molar-refractivity contribution is 9.10. The largest absolute Gasteiger partial charge is 0.396 e. The van der Waals surface area contributed by atoms with Crippen molar-refractivity contribution in [1.82, 2.24) is 0 Å². The lowest BCUT2D eigenvalue weighted by Crippen LogP contribution is -1.89. The molecule has 0 fully saturated rings. The van der Waals surface area contributed by atoms with E-state index in [9.17, 15) is 0 Å². The van der Waals surface area contributed by atoms with E-state index in [0.29, 0.717) is 0 Å². The second kappa shape index (κ2) is 5.68. The molecule has 0 radical (unpaired) electrons. The molecule has 0 spiro atoms. The maximum Gasteiger partial charge on any atom is 0.0434 e. The van der Waals surface area contributed by atoms with Gasteiger partial charge in [0.2, 0.25) is 0 Å². The zero-order valence-electron chi connectivity index (χ0n) is 7.59. The standard InChI is InChI=1S/C10H13BrOS/c1-13-10-5-4-8(3-2-6-12)7-9(10)11/h4-5,7,12H,2-3,6H2,1H3. The Morgan fingerprint density at radius 3 is 2.77 bits per heavy atom. The lowest BCUT2D eigenvalue weighted by atomic mass is 10.1. The van der Waals surface area contributed by atoms with Crippen LogP contribution in [0.5, 0.6) is 0 Å². The van der Waals surface area contributed by atoms with Crippen molar-refractivity contribution in [3.05, 3.63) is 28.2 Å². The number of benzene rings is 1. The Balaban J connectivity index is 2.71. The third-order valence-electron chi connectivity index (χ3n) is 1.84. The minimum atomic E-state index is 0.266. The van der Waals surface area contributed by atoms with E-state index in [-0.39, 0.29) is 6.61 Å². The normalized spacial score (nSPS) is 10.4. The first-order valence-electron chi connectivity index (χ1n) is 4.21. The quantitative estimate of drug-likeness (QED) is 0.840. The van der Waals surface area contributed by atoms with Gasteiger partial charge in [-0.2, -0.15) is 0 Å². The van der Waals surface area contributed by atoms with Crippen molar-refractivity contribution in [3.8, 4) is 0 Å². The van der Waals surface area contributed by atoms with Crippen molar-refractivity contribution in [2.75, 3.05) is 12.9 Å². The highest BCUT2D eigenvalue weighted by atomic mass is 79.9. The molecule has 0 aliphatic rings. The maximum atomic E-state index is 8.68. The Morgan fingerprint density at radius 1 is 1.46 bits per heavy atom. The van der Waals surface area contributed by atoms with Crippen LogP contribution in [0.2, 0.25) is 0 Å². The Bertz CT molecular complexity index is 276. The van der Waals surface area contributed by atoms with Crippen molar-refractivity contribution in [3.63, 3.8) is 0 Å². The molecule has 0 aliphatic heterocycles. The Morgan fingerprint density at radius 2 is 2.23 bits per heavy atom. The summed E-state index contributed by atoms with van der Waals surface area (Å²) in [5.41, 5.74) is 1.28. The van der Waals surface area contributed by atoms with E-state index in [4.69, 9.17) is 5.11 Å². The number of hydrogen-bond acceptors (Lipinski definition) is 2. The van der Waals surface area contributed by atoms with Crippen LogP contribution in [-0.2, 0) is 6.42 Å². The van der Waals surface area contributed by atoms with Crippen molar-refractivity contribution in [2.45, 2.75) is 17.7 Å². The summed E-state index contributed by atoms with van der Waals surface area (Å²) in [5, 5.41) is 8.68. The van der Waals surface area contributed by atoms with Crippen LogP contribution in [0.25, 0.3) is 0 Å². The summed E-state index contributed by atoms with van der Waals surface area (Å²) in [6, 6.07) is 6.36. The van der Waals surface area contributed by atoms with Crippen molar-refractivity contribution in [1.29, 1.82) is 0 Å². The van der Waals surface area contributed by atoms with Crippen LogP contribution in [0.4, 0.5) is 0 Å². The van der Waals surface area contributed by atoms with Crippen LogP contribution < -0.4 is 0 Å². The fourth-order valence-electron chi connectivity index (χ4n) is 1.15. The third-order valence-corrected chi connectivity index (χ3v) is 3.55. The summed E-state index contributed by atoms with van der Waals surface area (Å²) in [6.07, 6.45) is 3.85. The van der Waals surface area contributed by atoms with Crippen molar-refractivity contribution in [2.24, 2.45) is 0 Å². The fourth-order valence-corrected chi connectivity index (χ4v) is 2.52. The van der Waals surface area contributed by atoms with E-state index >= 15 is 0 Å². The molecule has 1 N–H and O–H groups in total. The van der Waals surface area contributed by atoms with E-state index in [1.807, 2.05) is 0 Å². The SMILES string of the molecule is CSc1ccc(CCCO)cc1Br. The van der Waals surface area contributed by atoms with Crippen LogP contribution in [-0.4, -0.2) is 18.0 Å². The smallest absolute Gasteiger partial charge is 0.0434 e. The van der Waals surface area contributed by atoms with Gasteiger partial charge in [-0.05, 0) is 52.7 Å². The summed E-state index contributed by atoms with van der Waals surface area (Å²) in [7, 11) is 0. The molecular weight excluding hydrogens is 248 g/mol. The van der Waals surface area contributed by atoms with Gasteiger partial charge in [-0.3, -0.25) is 0 Å². The molecule has 0 aromatic heterocycles. The number of rotatable bonds is 4. The first kappa shape index (κ1) is 11.1. The monoisotopic (exact) mass is 260 g/mol. The average Bonchev–Trinajstić information content (AvgIpc) is 2.15. The Hall–Kier alpha value is 0.01000. The molecule has 0 unspecified atom stereocenters. The number of hydrogen-bond donors (Lipinski definition) is 1. The molecule has 72 valence electrons. The van der Waals surface area contributed by atoms with Gasteiger partial charge in [0.25, 0.3) is 0 Å². The van der Waals surface area contributed by atoms with Gasteiger partial charge in [-0.25, -0.2) is 0 Å². The first-order chi connectivity index (χ1) is 6.27. The van der Waals surface area contributed by atoms with Crippen LogP contribution >= 0.6 is 27.7 Å². The Labute approximate surface area is 91.7 Å². The fraction of sp³-hybridized carbons (Fsp3) is 0.400. The molecule has 1 aromatic rings. The number of aliphatic hydroxyl groups excluding tert-OH is 1. The van der Waals surface area contributed by atoms with E-state index in [2.05, 4.69) is 40.4 Å². The number of aryl methyl sites for hydroxylation is 1. The summed E-state index contributed by atoms with van der Waals surface area (Å²) in [6.45, 7) is 0.266. The maximum absolute atomic E-state index is 8.68. The highest BCUT2D eigenvalue weighted by Gasteiger charge is 1.99. The van der Waals surface area contributed by atoms with Gasteiger partial charge in [0.1, 0.15) is 0 Å². The van der Waals surface area contributed by atoms with Crippen LogP contribution in [0.3, 0.4) is 0 Å². The van der Waals surface area contributed by atoms with Crippen LogP contribution in [0.1, 0.15) is 12.0 Å². The number of aliphatic hydroxyl groups is 1. The lowest BCUT2D eigenvalue weighted by Gasteiger charge is -2.04. The molecular formula is C10H13BrOS. The molecule has 0 saturated heterocycles. The minimum absolute atomic E-state index is 0.266. The third kappa shape index (κ3) is 3.33. The predicted molar refractivity (Wildman–Crippen MR) is 61.3 cm³/mol. The van der Waals surface area contributed by atoms with Gasteiger partial charge >= 0.3 is 0 Å². The molecule has 1 rings (SSSR count). The van der Waals surface area contributed by atoms with E-state index in [1.165, 1.54) is 10.5 Å². The summed E-state index contributed by atoms with van der Waals surface area (Å²) in [5.74, 6) is 0. The van der Waals surface area contributed by atoms with E-state index < -0.39 is 0 Å². The second-order valence-electron chi connectivity index (χ2n) is 2.80. The molecule has 0 atom stereocenters. The zero-order valence-corrected chi connectivity index (χ0v) is 9.99. The van der Waals surface area contributed by atoms with E-state index in [0.717, 1.165) is 17.3 Å². The van der Waals surface area contributed by atoms with Gasteiger partial charge in [-0.15, -0.1) is 11.8 Å². The van der Waals surface area contributed by atoms with Gasteiger partial charge in [-0.1, -0.05) is 6.07 Å². The predicted octanol–water partition coefficient (Wildman–Crippen LogP) is 3.10. The molecule has 0 amide bonds. The van der Waals surface area contributed by atoms with E-state index in [1.54, 1.807) is 11.8 Å². The number of halogens is 1. The van der Waals surface area contributed by atoms with Gasteiger partial charge in [0.15, 0.2) is 0 Å². The van der Waals surface area contributed by atoms with Crippen LogP contribution in [0.15, 0.2) is 27.6 Å². The lowest BCUT2D eigenvalue weighted by molar-refractivity contribution is 0.288. The summed E-state index contributed by atoms with van der Waals surface area (Å²) < 4.78 is 1.15. The molecule has 13 heavy (non-hydrogen) atoms. The highest BCUT2D eigenvalue weighted by Crippen LogP contribution is 2.26. The first-order valence-corrected chi connectivity index (χ1v) is 6.23. The molecule has 0 saturated carbocycles. The molecule has 0 bridgehead atoms. The van der Waals surface area contributed by atoms with Crippen molar-refractivity contribution < 1.29 is 5.11 Å². The molecule has 1 aromatic carbocycles. The molecule has 1 nitrogen and oxygen atoms in total. The second-order valence-corrected chi connectivity index (χ2v) is 4.50.